The van der Waals surface area contributed by atoms with Crippen LogP contribution in [0.25, 0.3) is 0 Å². The van der Waals surface area contributed by atoms with E-state index in [9.17, 15) is 0 Å². The Morgan fingerprint density at radius 3 is 1.06 bits per heavy atom. The highest BCUT2D eigenvalue weighted by Crippen LogP contribution is 2.55. The molecular formula is C27H58N6P2. The summed E-state index contributed by atoms with van der Waals surface area (Å²) in [6, 6.07) is 3.43. The van der Waals surface area contributed by atoms with Gasteiger partial charge in [-0.3, -0.25) is 13.7 Å². The Morgan fingerprint density at radius 2 is 0.800 bits per heavy atom. The van der Waals surface area contributed by atoms with Crippen LogP contribution in [0.4, 0.5) is 0 Å². The average Bonchev–Trinajstić information content (AvgIpc) is 3.13. The molecule has 1 aromatic rings. The zero-order valence-corrected chi connectivity index (χ0v) is 27.6. The van der Waals surface area contributed by atoms with E-state index in [1.165, 1.54) is 5.57 Å². The highest BCUT2D eigenvalue weighted by Gasteiger charge is 2.41. The number of hydrogen-bond acceptors (Lipinski definition) is 5. The minimum absolute atomic E-state index is 0.426. The molecule has 0 saturated carbocycles. The standard InChI is InChI=1S/C27H58N6P2/c1-19(2)30(20(3)4)34(31(21(5)6)22(7)8)27-28-17-18-29(27)35(32(23(9)10)24(11)12)33(25(13)14)26(15)16/h17-26H,1-16H3. The Kier molecular flexibility index (Phi) is 13.3. The molecule has 0 fully saturated rings. The molecule has 0 bridgehead atoms. The van der Waals surface area contributed by atoms with Crippen molar-refractivity contribution in [2.24, 2.45) is 0 Å². The van der Waals surface area contributed by atoms with Crippen molar-refractivity contribution >= 4 is 22.2 Å². The zero-order chi connectivity index (χ0) is 27.4. The number of hydrogen-bond donors (Lipinski definition) is 0. The van der Waals surface area contributed by atoms with Crippen molar-refractivity contribution in [2.75, 3.05) is 0 Å². The second-order valence-corrected chi connectivity index (χ2v) is 15.7. The zero-order valence-electron chi connectivity index (χ0n) is 25.9. The number of imidazole rings is 1. The summed E-state index contributed by atoms with van der Waals surface area (Å²) in [7, 11) is -1.60. The first-order chi connectivity index (χ1) is 16.1. The van der Waals surface area contributed by atoms with Gasteiger partial charge < -0.3 is 0 Å². The van der Waals surface area contributed by atoms with Crippen LogP contribution in [0.3, 0.4) is 0 Å². The number of rotatable bonds is 14. The van der Waals surface area contributed by atoms with Gasteiger partial charge in [0.2, 0.25) is 0 Å². The quantitative estimate of drug-likeness (QED) is 0.235. The molecule has 6 nitrogen and oxygen atoms in total. The van der Waals surface area contributed by atoms with Crippen LogP contribution in [0.1, 0.15) is 111 Å². The third-order valence-corrected chi connectivity index (χ3v) is 13.0. The molecular weight excluding hydrogens is 470 g/mol. The molecule has 0 atom stereocenters. The van der Waals surface area contributed by atoms with Crippen molar-refractivity contribution in [3.63, 3.8) is 0 Å². The molecule has 35 heavy (non-hydrogen) atoms. The Bertz CT molecular complexity index is 599. The van der Waals surface area contributed by atoms with E-state index in [0.29, 0.717) is 48.3 Å². The maximum Gasteiger partial charge on any atom is 0.168 e. The number of aromatic nitrogens is 2. The van der Waals surface area contributed by atoms with Crippen molar-refractivity contribution in [3.05, 3.63) is 12.4 Å². The van der Waals surface area contributed by atoms with Gasteiger partial charge in [0.25, 0.3) is 0 Å². The van der Waals surface area contributed by atoms with Gasteiger partial charge in [-0.15, -0.1) is 0 Å². The molecule has 1 heterocycles. The highest BCUT2D eigenvalue weighted by atomic mass is 31.2. The fourth-order valence-corrected chi connectivity index (χ4v) is 11.4. The van der Waals surface area contributed by atoms with E-state index in [1.54, 1.807) is 0 Å². The predicted molar refractivity (Wildman–Crippen MR) is 160 cm³/mol. The molecule has 1 aromatic heterocycles. The van der Waals surface area contributed by atoms with Gasteiger partial charge in [-0.25, -0.2) is 14.3 Å². The van der Waals surface area contributed by atoms with Gasteiger partial charge in [-0.1, -0.05) is 0 Å². The monoisotopic (exact) mass is 528 g/mol. The van der Waals surface area contributed by atoms with Gasteiger partial charge >= 0.3 is 0 Å². The van der Waals surface area contributed by atoms with Crippen molar-refractivity contribution in [1.29, 1.82) is 0 Å². The number of nitrogens with zero attached hydrogens (tertiary/aromatic N) is 6. The first-order valence-corrected chi connectivity index (χ1v) is 16.3. The van der Waals surface area contributed by atoms with E-state index >= 15 is 0 Å². The molecule has 0 aliphatic rings. The van der Waals surface area contributed by atoms with Crippen molar-refractivity contribution in [1.82, 2.24) is 28.0 Å². The first-order valence-electron chi connectivity index (χ1n) is 13.8. The summed E-state index contributed by atoms with van der Waals surface area (Å²) in [5.41, 5.74) is 1.23. The molecule has 0 aromatic carbocycles. The third kappa shape index (κ3) is 7.95. The average molecular weight is 529 g/mol. The second-order valence-electron chi connectivity index (χ2n) is 11.9. The van der Waals surface area contributed by atoms with Gasteiger partial charge in [0.15, 0.2) is 13.9 Å². The van der Waals surface area contributed by atoms with E-state index < -0.39 is 16.6 Å². The smallest absolute Gasteiger partial charge is 0.168 e. The Labute approximate surface area is 221 Å². The van der Waals surface area contributed by atoms with Crippen LogP contribution in [0.2, 0.25) is 0 Å². The van der Waals surface area contributed by atoms with E-state index in [2.05, 4.69) is 146 Å². The van der Waals surface area contributed by atoms with E-state index in [4.69, 9.17) is 4.98 Å². The van der Waals surface area contributed by atoms with Crippen LogP contribution in [0.15, 0.2) is 12.4 Å². The fraction of sp³-hybridized carbons (Fsp3) is 0.889. The van der Waals surface area contributed by atoms with Gasteiger partial charge in [0.1, 0.15) is 8.22 Å². The Balaban J connectivity index is 4.01. The van der Waals surface area contributed by atoms with Crippen molar-refractivity contribution in [3.8, 4) is 0 Å². The summed E-state index contributed by atoms with van der Waals surface area (Å²) < 4.78 is 13.4. The van der Waals surface area contributed by atoms with Crippen LogP contribution in [0.5, 0.6) is 0 Å². The van der Waals surface area contributed by atoms with Crippen LogP contribution < -0.4 is 5.57 Å². The molecule has 0 unspecified atom stereocenters. The lowest BCUT2D eigenvalue weighted by Gasteiger charge is -2.50. The fourth-order valence-electron chi connectivity index (χ4n) is 5.33. The Morgan fingerprint density at radius 1 is 0.514 bits per heavy atom. The summed E-state index contributed by atoms with van der Waals surface area (Å²) in [6.45, 7) is 37.5. The molecule has 8 heteroatoms. The van der Waals surface area contributed by atoms with Crippen molar-refractivity contribution in [2.45, 2.75) is 159 Å². The lowest BCUT2D eigenvalue weighted by atomic mass is 10.3. The summed E-state index contributed by atoms with van der Waals surface area (Å²) in [5.74, 6) is 0. The van der Waals surface area contributed by atoms with Crippen LogP contribution in [-0.2, 0) is 0 Å². The van der Waals surface area contributed by atoms with Gasteiger partial charge in [0, 0.05) is 60.7 Å². The van der Waals surface area contributed by atoms with Crippen LogP contribution in [-0.4, -0.2) is 76.3 Å². The minimum atomic E-state index is -0.802. The van der Waals surface area contributed by atoms with E-state index in [1.807, 2.05) is 0 Å². The molecule has 0 aliphatic heterocycles. The normalized spacial score (nSPS) is 13.9. The molecule has 0 spiro atoms. The van der Waals surface area contributed by atoms with Gasteiger partial charge in [-0.05, 0) is 111 Å². The maximum atomic E-state index is 5.18. The topological polar surface area (TPSA) is 30.8 Å². The van der Waals surface area contributed by atoms with Crippen molar-refractivity contribution < 1.29 is 0 Å². The minimum Gasteiger partial charge on any atom is -0.281 e. The maximum absolute atomic E-state index is 5.18. The lowest BCUT2D eigenvalue weighted by Crippen LogP contribution is -2.49. The van der Waals surface area contributed by atoms with E-state index in [0.717, 1.165) is 0 Å². The SMILES string of the molecule is CC(C)N(C(C)C)P(c1nccn1P(N(C(C)C)C(C)C)N(C(C)C)C(C)C)N(C(C)C)C(C)C. The molecule has 1 rings (SSSR count). The summed E-state index contributed by atoms with van der Waals surface area (Å²) in [6.07, 6.45) is 4.32. The first kappa shape index (κ1) is 32.9. The summed E-state index contributed by atoms with van der Waals surface area (Å²) >= 11 is 0. The van der Waals surface area contributed by atoms with Crippen LogP contribution >= 0.6 is 16.6 Å². The second kappa shape index (κ2) is 14.2. The molecule has 0 radical (unpaired) electrons. The molecule has 0 aliphatic carbocycles. The summed E-state index contributed by atoms with van der Waals surface area (Å²) in [5, 5.41) is 0. The van der Waals surface area contributed by atoms with Crippen LogP contribution in [0, 0.1) is 0 Å². The van der Waals surface area contributed by atoms with Gasteiger partial charge in [-0.2, -0.15) is 0 Å². The molecule has 206 valence electrons. The summed E-state index contributed by atoms with van der Waals surface area (Å²) in [4.78, 5) is 5.18. The highest BCUT2D eigenvalue weighted by molar-refractivity contribution is 7.62. The predicted octanol–water partition coefficient (Wildman–Crippen LogP) is 7.37. The Hall–Kier alpha value is -0.0900. The van der Waals surface area contributed by atoms with E-state index in [-0.39, 0.29) is 0 Å². The largest absolute Gasteiger partial charge is 0.281 e. The molecule has 0 amide bonds. The lowest BCUT2D eigenvalue weighted by molar-refractivity contribution is 0.250. The molecule has 0 saturated heterocycles. The molecule has 0 N–H and O–H groups in total. The van der Waals surface area contributed by atoms with Gasteiger partial charge in [0.05, 0.1) is 0 Å². The third-order valence-electron chi connectivity index (χ3n) is 6.06.